The summed E-state index contributed by atoms with van der Waals surface area (Å²) in [7, 11) is 2.14. The van der Waals surface area contributed by atoms with Crippen LogP contribution in [-0.2, 0) is 9.47 Å². The molecule has 18 heavy (non-hydrogen) atoms. The summed E-state index contributed by atoms with van der Waals surface area (Å²) in [5.41, 5.74) is 0. The molecule has 0 spiro atoms. The first-order chi connectivity index (χ1) is 8.66. The summed E-state index contributed by atoms with van der Waals surface area (Å²) in [5.74, 6) is 0.790. The van der Waals surface area contributed by atoms with Crippen molar-refractivity contribution in [1.82, 2.24) is 4.90 Å². The maximum Gasteiger partial charge on any atom is 0.0487 e. The predicted molar refractivity (Wildman–Crippen MR) is 78.1 cm³/mol. The molecule has 0 aromatic rings. The lowest BCUT2D eigenvalue weighted by atomic mass is 10.1. The van der Waals surface area contributed by atoms with Crippen LogP contribution < -0.4 is 0 Å². The smallest absolute Gasteiger partial charge is 0.0487 e. The van der Waals surface area contributed by atoms with Gasteiger partial charge in [0.2, 0.25) is 0 Å². The Kier molecular flexibility index (Phi) is 13.2. The summed E-state index contributed by atoms with van der Waals surface area (Å²) < 4.78 is 11.1. The molecule has 0 aromatic carbocycles. The van der Waals surface area contributed by atoms with E-state index in [-0.39, 0.29) is 0 Å². The molecule has 0 aliphatic heterocycles. The van der Waals surface area contributed by atoms with Crippen molar-refractivity contribution in [3.05, 3.63) is 0 Å². The molecule has 0 aliphatic rings. The fourth-order valence-corrected chi connectivity index (χ4v) is 1.66. The summed E-state index contributed by atoms with van der Waals surface area (Å²) in [6.07, 6.45) is 4.59. The highest BCUT2D eigenvalue weighted by molar-refractivity contribution is 4.47. The minimum absolute atomic E-state index is 0.790. The Balaban J connectivity index is 2.99. The van der Waals surface area contributed by atoms with Gasteiger partial charge in [0, 0.05) is 33.0 Å². The second-order valence-corrected chi connectivity index (χ2v) is 5.36. The maximum atomic E-state index is 5.57. The molecule has 0 unspecified atom stereocenters. The zero-order valence-corrected chi connectivity index (χ0v) is 12.9. The van der Waals surface area contributed by atoms with E-state index in [1.807, 2.05) is 0 Å². The zero-order chi connectivity index (χ0) is 13.6. The van der Waals surface area contributed by atoms with Crippen LogP contribution in [0.1, 0.15) is 46.5 Å². The van der Waals surface area contributed by atoms with Gasteiger partial charge in [-0.05, 0) is 45.2 Å². The zero-order valence-electron chi connectivity index (χ0n) is 12.9. The first-order valence-corrected chi connectivity index (χ1v) is 7.50. The molecule has 0 aromatic heterocycles. The minimum Gasteiger partial charge on any atom is -0.381 e. The van der Waals surface area contributed by atoms with Crippen molar-refractivity contribution in [2.75, 3.05) is 46.6 Å². The molecule has 0 bridgehead atoms. The van der Waals surface area contributed by atoms with Gasteiger partial charge in [-0.15, -0.1) is 0 Å². The van der Waals surface area contributed by atoms with Gasteiger partial charge in [0.15, 0.2) is 0 Å². The predicted octanol–water partition coefficient (Wildman–Crippen LogP) is 3.19. The SMILES string of the molecule is CCN(C)CCCOCCCOCCCC(C)C. The van der Waals surface area contributed by atoms with E-state index in [1.165, 1.54) is 12.8 Å². The third kappa shape index (κ3) is 13.9. The lowest BCUT2D eigenvalue weighted by Crippen LogP contribution is -2.20. The summed E-state index contributed by atoms with van der Waals surface area (Å²) in [6, 6.07) is 0. The van der Waals surface area contributed by atoms with E-state index in [0.29, 0.717) is 0 Å². The Morgan fingerprint density at radius 3 is 2.00 bits per heavy atom. The van der Waals surface area contributed by atoms with Crippen molar-refractivity contribution in [3.63, 3.8) is 0 Å². The molecule has 0 rings (SSSR count). The van der Waals surface area contributed by atoms with Gasteiger partial charge in [0.25, 0.3) is 0 Å². The second-order valence-electron chi connectivity index (χ2n) is 5.36. The molecule has 0 amide bonds. The minimum atomic E-state index is 0.790. The number of hydrogen-bond acceptors (Lipinski definition) is 3. The lowest BCUT2D eigenvalue weighted by Gasteiger charge is -2.13. The van der Waals surface area contributed by atoms with E-state index in [1.54, 1.807) is 0 Å². The summed E-state index contributed by atoms with van der Waals surface area (Å²) in [5, 5.41) is 0. The van der Waals surface area contributed by atoms with Gasteiger partial charge in [-0.3, -0.25) is 0 Å². The third-order valence-corrected chi connectivity index (χ3v) is 3.02. The normalized spacial score (nSPS) is 11.7. The fraction of sp³-hybridized carbons (Fsp3) is 1.00. The number of hydrogen-bond donors (Lipinski definition) is 0. The average molecular weight is 259 g/mol. The van der Waals surface area contributed by atoms with Gasteiger partial charge in [0.1, 0.15) is 0 Å². The molecule has 0 N–H and O–H groups in total. The molecule has 0 fully saturated rings. The van der Waals surface area contributed by atoms with E-state index in [0.717, 1.165) is 58.3 Å². The molecule has 0 saturated heterocycles. The van der Waals surface area contributed by atoms with Crippen molar-refractivity contribution in [1.29, 1.82) is 0 Å². The van der Waals surface area contributed by atoms with Crippen molar-refractivity contribution in [3.8, 4) is 0 Å². The van der Waals surface area contributed by atoms with Crippen LogP contribution in [0, 0.1) is 5.92 Å². The van der Waals surface area contributed by atoms with Gasteiger partial charge in [-0.2, -0.15) is 0 Å². The number of ether oxygens (including phenoxy) is 2. The van der Waals surface area contributed by atoms with Crippen molar-refractivity contribution in [2.45, 2.75) is 46.5 Å². The highest BCUT2D eigenvalue weighted by Crippen LogP contribution is 2.03. The number of rotatable bonds is 13. The molecule has 0 radical (unpaired) electrons. The van der Waals surface area contributed by atoms with Gasteiger partial charge in [0.05, 0.1) is 0 Å². The third-order valence-electron chi connectivity index (χ3n) is 3.02. The van der Waals surface area contributed by atoms with Gasteiger partial charge in [-0.1, -0.05) is 20.8 Å². The van der Waals surface area contributed by atoms with Gasteiger partial charge < -0.3 is 14.4 Å². The highest BCUT2D eigenvalue weighted by atomic mass is 16.5. The van der Waals surface area contributed by atoms with Gasteiger partial charge in [-0.25, -0.2) is 0 Å². The molecular formula is C15H33NO2. The largest absolute Gasteiger partial charge is 0.381 e. The Morgan fingerprint density at radius 2 is 1.44 bits per heavy atom. The first kappa shape index (κ1) is 17.9. The average Bonchev–Trinajstić information content (AvgIpc) is 2.35. The fourth-order valence-electron chi connectivity index (χ4n) is 1.66. The number of nitrogens with zero attached hydrogens (tertiary/aromatic N) is 1. The van der Waals surface area contributed by atoms with Gasteiger partial charge >= 0.3 is 0 Å². The monoisotopic (exact) mass is 259 g/mol. The lowest BCUT2D eigenvalue weighted by molar-refractivity contribution is 0.0770. The van der Waals surface area contributed by atoms with Crippen LogP contribution in [0.5, 0.6) is 0 Å². The highest BCUT2D eigenvalue weighted by Gasteiger charge is 1.96. The Hall–Kier alpha value is -0.120. The molecule has 0 atom stereocenters. The molecular weight excluding hydrogens is 226 g/mol. The van der Waals surface area contributed by atoms with Crippen LogP contribution >= 0.6 is 0 Å². The molecule has 0 heterocycles. The van der Waals surface area contributed by atoms with Crippen molar-refractivity contribution in [2.24, 2.45) is 5.92 Å². The van der Waals surface area contributed by atoms with E-state index in [2.05, 4.69) is 32.7 Å². The molecule has 110 valence electrons. The molecule has 0 saturated carbocycles. The van der Waals surface area contributed by atoms with Crippen LogP contribution in [-0.4, -0.2) is 51.5 Å². The standard InChI is InChI=1S/C15H33NO2/c1-5-16(4)10-7-12-18-14-8-13-17-11-6-9-15(2)3/h15H,5-14H2,1-4H3. The van der Waals surface area contributed by atoms with Crippen molar-refractivity contribution >= 4 is 0 Å². The topological polar surface area (TPSA) is 21.7 Å². The van der Waals surface area contributed by atoms with E-state index in [4.69, 9.17) is 9.47 Å². The summed E-state index contributed by atoms with van der Waals surface area (Å²) >= 11 is 0. The molecule has 3 heteroatoms. The second kappa shape index (κ2) is 13.3. The molecule has 3 nitrogen and oxygen atoms in total. The van der Waals surface area contributed by atoms with Crippen LogP contribution in [0.15, 0.2) is 0 Å². The van der Waals surface area contributed by atoms with E-state index in [9.17, 15) is 0 Å². The summed E-state index contributed by atoms with van der Waals surface area (Å²) in [6.45, 7) is 12.4. The van der Waals surface area contributed by atoms with E-state index >= 15 is 0 Å². The van der Waals surface area contributed by atoms with E-state index < -0.39 is 0 Å². The van der Waals surface area contributed by atoms with Crippen LogP contribution in [0.25, 0.3) is 0 Å². The van der Waals surface area contributed by atoms with Crippen LogP contribution in [0.3, 0.4) is 0 Å². The first-order valence-electron chi connectivity index (χ1n) is 7.50. The van der Waals surface area contributed by atoms with Crippen LogP contribution in [0.4, 0.5) is 0 Å². The Bertz CT molecular complexity index is 163. The van der Waals surface area contributed by atoms with Crippen LogP contribution in [0.2, 0.25) is 0 Å². The summed E-state index contributed by atoms with van der Waals surface area (Å²) in [4.78, 5) is 2.31. The quantitative estimate of drug-likeness (QED) is 0.474. The Morgan fingerprint density at radius 1 is 0.889 bits per heavy atom. The maximum absolute atomic E-state index is 5.57. The molecule has 0 aliphatic carbocycles. The Labute approximate surface area is 114 Å². The van der Waals surface area contributed by atoms with Crippen molar-refractivity contribution < 1.29 is 9.47 Å².